The van der Waals surface area contributed by atoms with Crippen LogP contribution >= 0.6 is 11.6 Å². The van der Waals surface area contributed by atoms with Gasteiger partial charge in [0.1, 0.15) is 5.65 Å². The number of aromatic carboxylic acids is 1. The maximum atomic E-state index is 10.9. The SMILES string of the molecule is Cc1nc2ccc(Cl)cn2c1C(=O)O. The number of hydrogen-bond donors (Lipinski definition) is 1. The molecule has 0 aliphatic rings. The van der Waals surface area contributed by atoms with Crippen LogP contribution < -0.4 is 0 Å². The van der Waals surface area contributed by atoms with Crippen LogP contribution in [0.5, 0.6) is 0 Å². The molecular weight excluding hydrogens is 204 g/mol. The van der Waals surface area contributed by atoms with Crippen LogP contribution in [0.1, 0.15) is 16.2 Å². The molecule has 0 aliphatic heterocycles. The molecule has 0 spiro atoms. The molecule has 4 nitrogen and oxygen atoms in total. The smallest absolute Gasteiger partial charge is 0.354 e. The summed E-state index contributed by atoms with van der Waals surface area (Å²) in [7, 11) is 0. The lowest BCUT2D eigenvalue weighted by Crippen LogP contribution is -2.03. The Kier molecular flexibility index (Phi) is 1.93. The number of hydrogen-bond acceptors (Lipinski definition) is 2. The summed E-state index contributed by atoms with van der Waals surface area (Å²) >= 11 is 5.76. The first-order valence-corrected chi connectivity index (χ1v) is 4.35. The van der Waals surface area contributed by atoms with Crippen molar-refractivity contribution in [1.82, 2.24) is 9.38 Å². The Balaban J connectivity index is 2.86. The molecule has 0 saturated carbocycles. The standard InChI is InChI=1S/C9H7ClN2O2/c1-5-8(9(13)14)12-4-6(10)2-3-7(12)11-5/h2-4H,1H3,(H,13,14). The van der Waals surface area contributed by atoms with Gasteiger partial charge >= 0.3 is 5.97 Å². The van der Waals surface area contributed by atoms with Crippen LogP contribution in [0.2, 0.25) is 5.02 Å². The number of imidazole rings is 1. The number of pyridine rings is 1. The summed E-state index contributed by atoms with van der Waals surface area (Å²) in [5.41, 5.74) is 1.23. The average molecular weight is 211 g/mol. The second-order valence-corrected chi connectivity index (χ2v) is 3.36. The maximum absolute atomic E-state index is 10.9. The number of carboxylic acids is 1. The fraction of sp³-hybridized carbons (Fsp3) is 0.111. The van der Waals surface area contributed by atoms with Crippen molar-refractivity contribution < 1.29 is 9.90 Å². The van der Waals surface area contributed by atoms with Gasteiger partial charge in [0.2, 0.25) is 0 Å². The molecule has 0 saturated heterocycles. The third kappa shape index (κ3) is 1.24. The number of halogens is 1. The zero-order valence-corrected chi connectivity index (χ0v) is 8.12. The van der Waals surface area contributed by atoms with E-state index in [1.807, 2.05) is 0 Å². The van der Waals surface area contributed by atoms with Crippen molar-refractivity contribution in [3.05, 3.63) is 34.7 Å². The van der Waals surface area contributed by atoms with E-state index in [9.17, 15) is 4.79 Å². The Labute approximate surface area is 84.8 Å². The molecule has 2 rings (SSSR count). The number of nitrogens with zero attached hydrogens (tertiary/aromatic N) is 2. The molecule has 0 radical (unpaired) electrons. The topological polar surface area (TPSA) is 54.6 Å². The molecule has 0 bridgehead atoms. The van der Waals surface area contributed by atoms with Crippen LogP contribution in [0, 0.1) is 6.92 Å². The summed E-state index contributed by atoms with van der Waals surface area (Å²) in [6, 6.07) is 3.36. The highest BCUT2D eigenvalue weighted by molar-refractivity contribution is 6.30. The highest BCUT2D eigenvalue weighted by atomic mass is 35.5. The first-order valence-electron chi connectivity index (χ1n) is 3.97. The largest absolute Gasteiger partial charge is 0.477 e. The molecule has 2 heterocycles. The fourth-order valence-electron chi connectivity index (χ4n) is 1.39. The third-order valence-corrected chi connectivity index (χ3v) is 2.18. The number of aryl methyl sites for hydroxylation is 1. The molecule has 0 aromatic carbocycles. The van der Waals surface area contributed by atoms with E-state index < -0.39 is 5.97 Å². The van der Waals surface area contributed by atoms with Gasteiger partial charge in [-0.25, -0.2) is 9.78 Å². The summed E-state index contributed by atoms with van der Waals surface area (Å²) in [5.74, 6) is -1.00. The van der Waals surface area contributed by atoms with E-state index in [1.54, 1.807) is 25.3 Å². The minimum atomic E-state index is -1.00. The molecule has 0 amide bonds. The van der Waals surface area contributed by atoms with Crippen LogP contribution in [-0.2, 0) is 0 Å². The lowest BCUT2D eigenvalue weighted by Gasteiger charge is -1.97. The molecule has 72 valence electrons. The van der Waals surface area contributed by atoms with Crippen molar-refractivity contribution >= 4 is 23.2 Å². The molecule has 14 heavy (non-hydrogen) atoms. The van der Waals surface area contributed by atoms with Crippen molar-refractivity contribution in [2.24, 2.45) is 0 Å². The predicted molar refractivity (Wildman–Crippen MR) is 51.9 cm³/mol. The Bertz CT molecular complexity index is 519. The van der Waals surface area contributed by atoms with Crippen LogP contribution in [0.25, 0.3) is 5.65 Å². The summed E-state index contributed by atoms with van der Waals surface area (Å²) in [4.78, 5) is 15.0. The van der Waals surface area contributed by atoms with Gasteiger partial charge in [0.25, 0.3) is 0 Å². The first kappa shape index (κ1) is 9.02. The number of aromatic nitrogens is 2. The van der Waals surface area contributed by atoms with Crippen LogP contribution in [0.15, 0.2) is 18.3 Å². The van der Waals surface area contributed by atoms with Gasteiger partial charge in [0.05, 0.1) is 10.7 Å². The van der Waals surface area contributed by atoms with E-state index in [1.165, 1.54) is 4.40 Å². The highest BCUT2D eigenvalue weighted by Gasteiger charge is 2.14. The second kappa shape index (κ2) is 2.99. The molecule has 2 aromatic rings. The monoisotopic (exact) mass is 210 g/mol. The number of carbonyl (C=O) groups is 1. The molecule has 5 heteroatoms. The summed E-state index contributed by atoms with van der Waals surface area (Å²) in [6.07, 6.45) is 1.54. The number of carboxylic acid groups (broad SMARTS) is 1. The van der Waals surface area contributed by atoms with E-state index in [0.29, 0.717) is 16.4 Å². The van der Waals surface area contributed by atoms with Crippen LogP contribution in [0.4, 0.5) is 0 Å². The van der Waals surface area contributed by atoms with Crippen molar-refractivity contribution in [3.63, 3.8) is 0 Å². The van der Waals surface area contributed by atoms with Gasteiger partial charge in [-0.2, -0.15) is 0 Å². The summed E-state index contributed by atoms with van der Waals surface area (Å²) in [5, 5.41) is 9.42. The summed E-state index contributed by atoms with van der Waals surface area (Å²) in [6.45, 7) is 1.66. The fourth-order valence-corrected chi connectivity index (χ4v) is 1.55. The molecule has 0 fully saturated rings. The molecule has 1 N–H and O–H groups in total. The van der Waals surface area contributed by atoms with E-state index in [2.05, 4.69) is 4.98 Å². The van der Waals surface area contributed by atoms with Gasteiger partial charge in [-0.1, -0.05) is 11.6 Å². The van der Waals surface area contributed by atoms with Gasteiger partial charge in [0, 0.05) is 6.20 Å². The lowest BCUT2D eigenvalue weighted by atomic mass is 10.3. The highest BCUT2D eigenvalue weighted by Crippen LogP contribution is 2.15. The van der Waals surface area contributed by atoms with Crippen molar-refractivity contribution in [2.45, 2.75) is 6.92 Å². The number of rotatable bonds is 1. The van der Waals surface area contributed by atoms with E-state index >= 15 is 0 Å². The number of fused-ring (bicyclic) bond motifs is 1. The molecule has 0 aliphatic carbocycles. The lowest BCUT2D eigenvalue weighted by molar-refractivity contribution is 0.0688. The van der Waals surface area contributed by atoms with Crippen molar-refractivity contribution in [2.75, 3.05) is 0 Å². The Morgan fingerprint density at radius 2 is 2.29 bits per heavy atom. The Morgan fingerprint density at radius 3 is 2.93 bits per heavy atom. The normalized spacial score (nSPS) is 10.7. The Hall–Kier alpha value is -1.55. The third-order valence-electron chi connectivity index (χ3n) is 1.96. The second-order valence-electron chi connectivity index (χ2n) is 2.93. The first-order chi connectivity index (χ1) is 6.59. The maximum Gasteiger partial charge on any atom is 0.354 e. The Morgan fingerprint density at radius 1 is 1.57 bits per heavy atom. The van der Waals surface area contributed by atoms with Gasteiger partial charge in [-0.05, 0) is 19.1 Å². The van der Waals surface area contributed by atoms with Crippen molar-refractivity contribution in [3.8, 4) is 0 Å². The van der Waals surface area contributed by atoms with E-state index in [4.69, 9.17) is 16.7 Å². The van der Waals surface area contributed by atoms with E-state index in [-0.39, 0.29) is 5.69 Å². The minimum absolute atomic E-state index is 0.155. The predicted octanol–water partition coefficient (Wildman–Crippen LogP) is 1.99. The molecule has 0 unspecified atom stereocenters. The quantitative estimate of drug-likeness (QED) is 0.783. The molecule has 2 aromatic heterocycles. The summed E-state index contributed by atoms with van der Waals surface area (Å²) < 4.78 is 1.47. The van der Waals surface area contributed by atoms with Crippen LogP contribution in [-0.4, -0.2) is 20.5 Å². The van der Waals surface area contributed by atoms with Gasteiger partial charge < -0.3 is 5.11 Å². The van der Waals surface area contributed by atoms with Gasteiger partial charge in [0.15, 0.2) is 5.69 Å². The average Bonchev–Trinajstić information content (AvgIpc) is 2.40. The minimum Gasteiger partial charge on any atom is -0.477 e. The van der Waals surface area contributed by atoms with Gasteiger partial charge in [-0.15, -0.1) is 0 Å². The molecular formula is C9H7ClN2O2. The van der Waals surface area contributed by atoms with Crippen LogP contribution in [0.3, 0.4) is 0 Å². The zero-order valence-electron chi connectivity index (χ0n) is 7.36. The van der Waals surface area contributed by atoms with Gasteiger partial charge in [-0.3, -0.25) is 4.40 Å². The van der Waals surface area contributed by atoms with E-state index in [0.717, 1.165) is 0 Å². The zero-order chi connectivity index (χ0) is 10.3. The van der Waals surface area contributed by atoms with Crippen molar-refractivity contribution in [1.29, 1.82) is 0 Å². The molecule has 0 atom stereocenters.